The van der Waals surface area contributed by atoms with Gasteiger partial charge in [0.25, 0.3) is 5.91 Å². The van der Waals surface area contributed by atoms with Crippen LogP contribution in [0.1, 0.15) is 31.5 Å². The zero-order valence-corrected chi connectivity index (χ0v) is 15.9. The highest BCUT2D eigenvalue weighted by Crippen LogP contribution is 2.28. The summed E-state index contributed by atoms with van der Waals surface area (Å²) in [4.78, 5) is 22.7. The quantitative estimate of drug-likeness (QED) is 0.726. The van der Waals surface area contributed by atoms with Crippen molar-refractivity contribution in [3.05, 3.63) is 59.4 Å². The number of carbonyl (C=O) groups excluding carboxylic acids is 1. The van der Waals surface area contributed by atoms with Gasteiger partial charge in [-0.25, -0.2) is 4.98 Å². The number of carbonyl (C=O) groups is 1. The van der Waals surface area contributed by atoms with Gasteiger partial charge in [-0.2, -0.15) is 0 Å². The van der Waals surface area contributed by atoms with Crippen LogP contribution in [0, 0.1) is 0 Å². The van der Waals surface area contributed by atoms with Gasteiger partial charge in [-0.1, -0.05) is 23.7 Å². The molecule has 0 bridgehead atoms. The number of halogens is 1. The minimum atomic E-state index is -0.520. The topological polar surface area (TPSA) is 58.2 Å². The lowest BCUT2D eigenvalue weighted by molar-refractivity contribution is -0.139. The summed E-state index contributed by atoms with van der Waals surface area (Å²) in [5, 5.41) is 0.647. The SMILES string of the molecule is CC(Oc1ccc(Cl)cc1)C(=O)N1CCC(c2nc3ccccc3[nH]2)CC1. The standard InChI is InChI=1S/C21H22ClN3O2/c1-14(27-17-8-6-16(22)7-9-17)21(26)25-12-10-15(11-13-25)20-23-18-4-2-3-5-19(18)24-20/h2-9,14-15H,10-13H2,1H3,(H,23,24). The van der Waals surface area contributed by atoms with Crippen LogP contribution in [-0.4, -0.2) is 40.0 Å². The second kappa shape index (κ2) is 7.61. The number of ether oxygens (including phenoxy) is 1. The van der Waals surface area contributed by atoms with Gasteiger partial charge in [0.2, 0.25) is 0 Å². The molecular weight excluding hydrogens is 362 g/mol. The van der Waals surface area contributed by atoms with Gasteiger partial charge >= 0.3 is 0 Å². The van der Waals surface area contributed by atoms with Crippen LogP contribution in [0.4, 0.5) is 0 Å². The van der Waals surface area contributed by atoms with Crippen molar-refractivity contribution in [1.82, 2.24) is 14.9 Å². The Morgan fingerprint density at radius 2 is 1.89 bits per heavy atom. The first-order valence-electron chi connectivity index (χ1n) is 9.26. The van der Waals surface area contributed by atoms with Crippen LogP contribution in [0.3, 0.4) is 0 Å². The molecule has 3 aromatic rings. The molecule has 0 aliphatic carbocycles. The number of aromatic nitrogens is 2. The average Bonchev–Trinajstić information content (AvgIpc) is 3.13. The molecule has 1 aliphatic rings. The zero-order valence-electron chi connectivity index (χ0n) is 15.2. The van der Waals surface area contributed by atoms with E-state index in [2.05, 4.69) is 4.98 Å². The van der Waals surface area contributed by atoms with Gasteiger partial charge in [-0.15, -0.1) is 0 Å². The lowest BCUT2D eigenvalue weighted by Crippen LogP contribution is -2.44. The first-order valence-corrected chi connectivity index (χ1v) is 9.63. The molecule has 5 nitrogen and oxygen atoms in total. The number of hydrogen-bond acceptors (Lipinski definition) is 3. The molecule has 4 rings (SSSR count). The van der Waals surface area contributed by atoms with Crippen LogP contribution in [0.25, 0.3) is 11.0 Å². The summed E-state index contributed by atoms with van der Waals surface area (Å²) >= 11 is 5.88. The monoisotopic (exact) mass is 383 g/mol. The van der Waals surface area contributed by atoms with Crippen LogP contribution in [0.2, 0.25) is 5.02 Å². The maximum absolute atomic E-state index is 12.7. The Bertz CT molecular complexity index is 897. The number of fused-ring (bicyclic) bond motifs is 1. The Balaban J connectivity index is 1.35. The smallest absolute Gasteiger partial charge is 0.263 e. The van der Waals surface area contributed by atoms with E-state index in [-0.39, 0.29) is 5.91 Å². The molecule has 0 saturated carbocycles. The highest BCUT2D eigenvalue weighted by Gasteiger charge is 2.28. The van der Waals surface area contributed by atoms with Crippen molar-refractivity contribution in [2.45, 2.75) is 31.8 Å². The molecule has 27 heavy (non-hydrogen) atoms. The van der Waals surface area contributed by atoms with Crippen molar-refractivity contribution < 1.29 is 9.53 Å². The third kappa shape index (κ3) is 3.93. The maximum Gasteiger partial charge on any atom is 0.263 e. The van der Waals surface area contributed by atoms with E-state index in [1.807, 2.05) is 29.2 Å². The molecule has 1 amide bonds. The van der Waals surface area contributed by atoms with Crippen molar-refractivity contribution in [2.75, 3.05) is 13.1 Å². The number of rotatable bonds is 4. The van der Waals surface area contributed by atoms with Crippen molar-refractivity contribution in [3.8, 4) is 5.75 Å². The Kier molecular flexibility index (Phi) is 5.03. The summed E-state index contributed by atoms with van der Waals surface area (Å²) in [6.45, 7) is 3.23. The second-order valence-electron chi connectivity index (χ2n) is 6.95. The fraction of sp³-hybridized carbons (Fsp3) is 0.333. The fourth-order valence-corrected chi connectivity index (χ4v) is 3.69. The summed E-state index contributed by atoms with van der Waals surface area (Å²) in [5.41, 5.74) is 2.06. The molecular formula is C21H22ClN3O2. The number of H-pyrrole nitrogens is 1. The third-order valence-corrected chi connectivity index (χ3v) is 5.33. The Morgan fingerprint density at radius 1 is 1.19 bits per heavy atom. The third-order valence-electron chi connectivity index (χ3n) is 5.08. The molecule has 1 unspecified atom stereocenters. The normalized spacial score (nSPS) is 16.4. The molecule has 1 N–H and O–H groups in total. The summed E-state index contributed by atoms with van der Waals surface area (Å²) in [7, 11) is 0. The summed E-state index contributed by atoms with van der Waals surface area (Å²) in [6, 6.07) is 15.1. The second-order valence-corrected chi connectivity index (χ2v) is 7.39. The lowest BCUT2D eigenvalue weighted by atomic mass is 9.96. The van der Waals surface area contributed by atoms with Crippen LogP contribution in [0.15, 0.2) is 48.5 Å². The molecule has 1 saturated heterocycles. The molecule has 1 atom stereocenters. The Hall–Kier alpha value is -2.53. The van der Waals surface area contributed by atoms with E-state index in [1.54, 1.807) is 31.2 Å². The van der Waals surface area contributed by atoms with Gasteiger partial charge < -0.3 is 14.6 Å². The lowest BCUT2D eigenvalue weighted by Gasteiger charge is -2.32. The highest BCUT2D eigenvalue weighted by atomic mass is 35.5. The number of para-hydroxylation sites is 2. The van der Waals surface area contributed by atoms with Crippen molar-refractivity contribution in [1.29, 1.82) is 0 Å². The summed E-state index contributed by atoms with van der Waals surface area (Å²) in [5.74, 6) is 2.05. The van der Waals surface area contributed by atoms with E-state index in [9.17, 15) is 4.79 Å². The number of nitrogens with zero attached hydrogens (tertiary/aromatic N) is 2. The van der Waals surface area contributed by atoms with Crippen molar-refractivity contribution >= 4 is 28.5 Å². The van der Waals surface area contributed by atoms with E-state index < -0.39 is 6.10 Å². The zero-order chi connectivity index (χ0) is 18.8. The molecule has 1 aliphatic heterocycles. The van der Waals surface area contributed by atoms with E-state index in [1.165, 1.54) is 0 Å². The molecule has 6 heteroatoms. The maximum atomic E-state index is 12.7. The van der Waals surface area contributed by atoms with Crippen LogP contribution >= 0.6 is 11.6 Å². The molecule has 0 spiro atoms. The van der Waals surface area contributed by atoms with Gasteiger partial charge in [0.1, 0.15) is 11.6 Å². The van der Waals surface area contributed by atoms with Gasteiger partial charge in [0.05, 0.1) is 11.0 Å². The number of hydrogen-bond donors (Lipinski definition) is 1. The predicted molar refractivity (Wildman–Crippen MR) is 106 cm³/mol. The van der Waals surface area contributed by atoms with E-state index in [4.69, 9.17) is 21.3 Å². The van der Waals surface area contributed by atoms with Gasteiger partial charge in [-0.3, -0.25) is 4.79 Å². The minimum absolute atomic E-state index is 0.0213. The number of imidazole rings is 1. The fourth-order valence-electron chi connectivity index (χ4n) is 3.56. The molecule has 1 aromatic heterocycles. The number of piperidine rings is 1. The van der Waals surface area contributed by atoms with E-state index in [0.717, 1.165) is 42.8 Å². The van der Waals surface area contributed by atoms with Crippen LogP contribution in [-0.2, 0) is 4.79 Å². The van der Waals surface area contributed by atoms with Crippen molar-refractivity contribution in [2.24, 2.45) is 0 Å². The molecule has 2 heterocycles. The summed E-state index contributed by atoms with van der Waals surface area (Å²) in [6.07, 6.45) is 1.28. The predicted octanol–water partition coefficient (Wildman–Crippen LogP) is 4.39. The van der Waals surface area contributed by atoms with Crippen LogP contribution in [0.5, 0.6) is 5.75 Å². The van der Waals surface area contributed by atoms with Crippen molar-refractivity contribution in [3.63, 3.8) is 0 Å². The van der Waals surface area contributed by atoms with E-state index in [0.29, 0.717) is 16.7 Å². The minimum Gasteiger partial charge on any atom is -0.481 e. The van der Waals surface area contributed by atoms with E-state index >= 15 is 0 Å². The highest BCUT2D eigenvalue weighted by molar-refractivity contribution is 6.30. The molecule has 2 aromatic carbocycles. The number of nitrogens with one attached hydrogen (secondary N) is 1. The number of benzene rings is 2. The van der Waals surface area contributed by atoms with Gasteiger partial charge in [0.15, 0.2) is 6.10 Å². The van der Waals surface area contributed by atoms with Gasteiger partial charge in [-0.05, 0) is 56.2 Å². The van der Waals surface area contributed by atoms with Crippen LogP contribution < -0.4 is 4.74 Å². The van der Waals surface area contributed by atoms with Gasteiger partial charge in [0, 0.05) is 24.0 Å². The molecule has 140 valence electrons. The largest absolute Gasteiger partial charge is 0.481 e. The number of aromatic amines is 1. The first kappa shape index (κ1) is 17.9. The molecule has 0 radical (unpaired) electrons. The number of amides is 1. The number of likely N-dealkylation sites (tertiary alicyclic amines) is 1. The molecule has 1 fully saturated rings. The Morgan fingerprint density at radius 3 is 2.59 bits per heavy atom. The Labute approximate surface area is 163 Å². The summed E-state index contributed by atoms with van der Waals surface area (Å²) < 4.78 is 5.77. The first-order chi connectivity index (χ1) is 13.1. The average molecular weight is 384 g/mol.